The van der Waals surface area contributed by atoms with Crippen molar-refractivity contribution in [1.29, 1.82) is 0 Å². The lowest BCUT2D eigenvalue weighted by atomic mass is 10.2. The lowest BCUT2D eigenvalue weighted by Gasteiger charge is -1.99. The van der Waals surface area contributed by atoms with Gasteiger partial charge in [-0.05, 0) is 18.2 Å². The summed E-state index contributed by atoms with van der Waals surface area (Å²) in [5, 5.41) is 3.98. The molecule has 0 fully saturated rings. The molecule has 1 aromatic carbocycles. The normalized spacial score (nSPS) is 15.9. The highest BCUT2D eigenvalue weighted by atomic mass is 32.2. The van der Waals surface area contributed by atoms with E-state index in [9.17, 15) is 8.42 Å². The van der Waals surface area contributed by atoms with Gasteiger partial charge < -0.3 is 0 Å². The van der Waals surface area contributed by atoms with Gasteiger partial charge in [-0.15, -0.1) is 4.40 Å². The monoisotopic (exact) mass is 286 g/mol. The molecule has 1 N–H and O–H groups in total. The van der Waals surface area contributed by atoms with Crippen LogP contribution in [0.2, 0.25) is 0 Å². The van der Waals surface area contributed by atoms with E-state index in [0.29, 0.717) is 5.56 Å². The van der Waals surface area contributed by atoms with E-state index in [2.05, 4.69) is 19.9 Å². The van der Waals surface area contributed by atoms with E-state index < -0.39 is 10.0 Å². The topological polar surface area (TPSA) is 83.8 Å². The Bertz CT molecular complexity index is 798. The van der Waals surface area contributed by atoms with Crippen LogP contribution in [0.5, 0.6) is 0 Å². The molecule has 0 unspecified atom stereocenters. The van der Waals surface area contributed by atoms with Crippen LogP contribution in [0, 0.1) is 0 Å². The van der Waals surface area contributed by atoms with E-state index in [1.54, 1.807) is 42.9 Å². The third kappa shape index (κ3) is 2.30. The maximum absolute atomic E-state index is 11.8. The molecule has 2 aromatic rings. The smallest absolute Gasteiger partial charge is 0.264 e. The van der Waals surface area contributed by atoms with E-state index in [4.69, 9.17) is 0 Å². The molecule has 100 valence electrons. The predicted molar refractivity (Wildman–Crippen MR) is 75.1 cm³/mol. The lowest BCUT2D eigenvalue weighted by molar-refractivity contribution is 0.599. The van der Waals surface area contributed by atoms with Crippen LogP contribution in [-0.4, -0.2) is 25.5 Å². The second kappa shape index (κ2) is 4.86. The fourth-order valence-electron chi connectivity index (χ4n) is 1.81. The molecule has 0 amide bonds. The summed E-state index contributed by atoms with van der Waals surface area (Å²) >= 11 is 0. The van der Waals surface area contributed by atoms with Crippen molar-refractivity contribution in [2.24, 2.45) is 9.50 Å². The van der Waals surface area contributed by atoms with Crippen molar-refractivity contribution in [3.63, 3.8) is 0 Å². The molecule has 0 saturated carbocycles. The molecule has 0 saturated heterocycles. The van der Waals surface area contributed by atoms with Crippen LogP contribution in [0.3, 0.4) is 0 Å². The molecule has 0 atom stereocenters. The first-order chi connectivity index (χ1) is 9.67. The Morgan fingerprint density at radius 2 is 2.00 bits per heavy atom. The number of benzene rings is 1. The maximum Gasteiger partial charge on any atom is 0.285 e. The Labute approximate surface area is 116 Å². The van der Waals surface area contributed by atoms with E-state index in [1.807, 2.05) is 6.07 Å². The number of hydrogen-bond donors (Lipinski definition) is 1. The molecule has 3 rings (SSSR count). The van der Waals surface area contributed by atoms with Crippen molar-refractivity contribution in [3.05, 3.63) is 59.9 Å². The van der Waals surface area contributed by atoms with E-state index in [1.165, 1.54) is 6.07 Å². The Balaban J connectivity index is 1.85. The number of fused-ring (bicyclic) bond motifs is 1. The Kier molecular flexibility index (Phi) is 3.03. The summed E-state index contributed by atoms with van der Waals surface area (Å²) < 4.78 is 27.3. The summed E-state index contributed by atoms with van der Waals surface area (Å²) in [6.45, 7) is 0. The van der Waals surface area contributed by atoms with Crippen LogP contribution in [0.15, 0.2) is 63.2 Å². The minimum Gasteiger partial charge on any atom is -0.264 e. The van der Waals surface area contributed by atoms with Gasteiger partial charge in [0.05, 0.1) is 6.21 Å². The molecule has 20 heavy (non-hydrogen) atoms. The van der Waals surface area contributed by atoms with Gasteiger partial charge >= 0.3 is 0 Å². The zero-order valence-corrected chi connectivity index (χ0v) is 11.1. The Morgan fingerprint density at radius 1 is 1.15 bits per heavy atom. The van der Waals surface area contributed by atoms with E-state index >= 15 is 0 Å². The van der Waals surface area contributed by atoms with Crippen molar-refractivity contribution in [2.75, 3.05) is 0 Å². The number of aromatic nitrogens is 1. The first kappa shape index (κ1) is 12.5. The molecule has 6 nitrogen and oxygen atoms in total. The summed E-state index contributed by atoms with van der Waals surface area (Å²) in [6.07, 6.45) is 4.85. The van der Waals surface area contributed by atoms with Gasteiger partial charge in [-0.3, -0.25) is 10.4 Å². The number of nitrogens with zero attached hydrogens (tertiary/aromatic N) is 3. The lowest BCUT2D eigenvalue weighted by Crippen LogP contribution is -2.17. The molecule has 1 aliphatic heterocycles. The van der Waals surface area contributed by atoms with Gasteiger partial charge in [0.15, 0.2) is 5.84 Å². The fraction of sp³-hybridized carbons (Fsp3) is 0. The number of amidine groups is 1. The van der Waals surface area contributed by atoms with Gasteiger partial charge in [-0.2, -0.15) is 13.5 Å². The quantitative estimate of drug-likeness (QED) is 0.663. The zero-order valence-electron chi connectivity index (χ0n) is 10.3. The van der Waals surface area contributed by atoms with Gasteiger partial charge in [0.1, 0.15) is 4.90 Å². The zero-order chi connectivity index (χ0) is 14.0. The van der Waals surface area contributed by atoms with Crippen molar-refractivity contribution in [2.45, 2.75) is 4.90 Å². The third-order valence-corrected chi connectivity index (χ3v) is 4.03. The number of pyridine rings is 1. The molecule has 0 radical (unpaired) electrons. The van der Waals surface area contributed by atoms with Crippen molar-refractivity contribution >= 4 is 22.1 Å². The van der Waals surface area contributed by atoms with Crippen molar-refractivity contribution in [3.8, 4) is 0 Å². The summed E-state index contributed by atoms with van der Waals surface area (Å²) in [5.41, 5.74) is 3.98. The molecule has 0 spiro atoms. The number of hydrogen-bond acceptors (Lipinski definition) is 5. The summed E-state index contributed by atoms with van der Waals surface area (Å²) in [6, 6.07) is 10.2. The third-order valence-electron chi connectivity index (χ3n) is 2.70. The number of rotatable bonds is 2. The van der Waals surface area contributed by atoms with Crippen LogP contribution in [0.25, 0.3) is 0 Å². The van der Waals surface area contributed by atoms with Gasteiger partial charge in [-0.1, -0.05) is 18.2 Å². The van der Waals surface area contributed by atoms with Crippen molar-refractivity contribution in [1.82, 2.24) is 10.4 Å². The molecule has 2 heterocycles. The van der Waals surface area contributed by atoms with Gasteiger partial charge in [0, 0.05) is 23.5 Å². The molecular weight excluding hydrogens is 276 g/mol. The summed E-state index contributed by atoms with van der Waals surface area (Å²) in [4.78, 5) is 4.14. The van der Waals surface area contributed by atoms with Gasteiger partial charge in [-0.25, -0.2) is 0 Å². The first-order valence-electron chi connectivity index (χ1n) is 5.80. The second-order valence-electron chi connectivity index (χ2n) is 4.07. The summed E-state index contributed by atoms with van der Waals surface area (Å²) in [5.74, 6) is 0.223. The first-order valence-corrected chi connectivity index (χ1v) is 7.24. The number of sulfonamides is 1. The highest BCUT2D eigenvalue weighted by molar-refractivity contribution is 7.90. The standard InChI is InChI=1S/C13H10N4O2S/c18-20(19)12-6-2-1-5-11(12)13(17-20)16-15-9-10-4-3-7-14-8-10/h1-9H,(H,16,17)/b15-9-. The van der Waals surface area contributed by atoms with Gasteiger partial charge in [0.2, 0.25) is 0 Å². The summed E-state index contributed by atoms with van der Waals surface area (Å²) in [7, 11) is -3.61. The van der Waals surface area contributed by atoms with E-state index in [0.717, 1.165) is 5.56 Å². The van der Waals surface area contributed by atoms with Crippen LogP contribution in [0.4, 0.5) is 0 Å². The molecule has 7 heteroatoms. The SMILES string of the molecule is O=S1(=O)N=C(N/N=C\c2cccnc2)c2ccccc21. The van der Waals surface area contributed by atoms with Crippen LogP contribution < -0.4 is 5.43 Å². The Morgan fingerprint density at radius 3 is 2.80 bits per heavy atom. The minimum absolute atomic E-state index is 0.194. The number of hydrazone groups is 1. The van der Waals surface area contributed by atoms with E-state index in [-0.39, 0.29) is 10.7 Å². The predicted octanol–water partition coefficient (Wildman–Crippen LogP) is 1.15. The molecule has 0 aliphatic carbocycles. The van der Waals surface area contributed by atoms with Crippen molar-refractivity contribution < 1.29 is 8.42 Å². The maximum atomic E-state index is 11.8. The largest absolute Gasteiger partial charge is 0.285 e. The highest BCUT2D eigenvalue weighted by Gasteiger charge is 2.27. The second-order valence-corrected chi connectivity index (χ2v) is 5.64. The highest BCUT2D eigenvalue weighted by Crippen LogP contribution is 2.24. The fourth-order valence-corrected chi connectivity index (χ4v) is 2.98. The van der Waals surface area contributed by atoms with Gasteiger partial charge in [0.25, 0.3) is 10.0 Å². The molecule has 1 aromatic heterocycles. The molecule has 0 bridgehead atoms. The number of nitrogens with one attached hydrogen (secondary N) is 1. The van der Waals surface area contributed by atoms with Crippen LogP contribution in [0.1, 0.15) is 11.1 Å². The van der Waals surface area contributed by atoms with Crippen LogP contribution in [-0.2, 0) is 10.0 Å². The average molecular weight is 286 g/mol. The average Bonchev–Trinajstić information content (AvgIpc) is 2.72. The molecule has 1 aliphatic rings. The minimum atomic E-state index is -3.61. The van der Waals surface area contributed by atoms with Crippen LogP contribution >= 0.6 is 0 Å². The molecular formula is C13H10N4O2S. The Hall–Kier alpha value is -2.54.